The van der Waals surface area contributed by atoms with Gasteiger partial charge in [-0.3, -0.25) is 9.36 Å². The highest BCUT2D eigenvalue weighted by Crippen LogP contribution is 2.35. The van der Waals surface area contributed by atoms with Crippen molar-refractivity contribution >= 4 is 69.8 Å². The molecule has 7 nitrogen and oxygen atoms in total. The van der Waals surface area contributed by atoms with Crippen molar-refractivity contribution in [1.29, 1.82) is 0 Å². The lowest BCUT2D eigenvalue weighted by molar-refractivity contribution is -0.139. The topological polar surface area (TPSA) is 83.0 Å². The standard InChI is InChI=1S/C34H24Cl4N2O5S/c1-3-43-33(42)30-18(2)39-34-40(31(30)28-13-12-27(45-28)20-7-11-24(36)26(38)15-20)32(41)29(46-34)14-19-4-9-23(10-5-19)44-17-21-6-8-22(35)16-25(21)37/h4-16,31H,3,17H2,1-2H3/b29-14-/t31-/m0/s1. The van der Waals surface area contributed by atoms with E-state index in [1.165, 1.54) is 15.9 Å². The molecular weight excluding hydrogens is 690 g/mol. The molecule has 2 aromatic heterocycles. The first-order valence-corrected chi connectivity index (χ1v) is 16.4. The Kier molecular flexibility index (Phi) is 9.45. The van der Waals surface area contributed by atoms with Crippen LogP contribution in [-0.4, -0.2) is 17.1 Å². The molecule has 12 heteroatoms. The first-order chi connectivity index (χ1) is 22.1. The van der Waals surface area contributed by atoms with E-state index in [1.54, 1.807) is 62.4 Å². The highest BCUT2D eigenvalue weighted by Gasteiger charge is 2.35. The molecule has 5 aromatic rings. The van der Waals surface area contributed by atoms with E-state index in [0.717, 1.165) is 11.1 Å². The molecule has 234 valence electrons. The van der Waals surface area contributed by atoms with Gasteiger partial charge in [0.25, 0.3) is 5.56 Å². The number of hydrogen-bond acceptors (Lipinski definition) is 7. The zero-order valence-electron chi connectivity index (χ0n) is 24.4. The first-order valence-electron chi connectivity index (χ1n) is 14.0. The van der Waals surface area contributed by atoms with Crippen LogP contribution in [0.25, 0.3) is 17.4 Å². The van der Waals surface area contributed by atoms with Gasteiger partial charge in [-0.15, -0.1) is 0 Å². The molecule has 3 aromatic carbocycles. The fraction of sp³-hybridized carbons (Fsp3) is 0.147. The van der Waals surface area contributed by atoms with Crippen LogP contribution < -0.4 is 19.6 Å². The zero-order chi connectivity index (χ0) is 32.5. The van der Waals surface area contributed by atoms with Crippen molar-refractivity contribution in [2.75, 3.05) is 6.61 Å². The van der Waals surface area contributed by atoms with E-state index in [0.29, 0.717) is 58.0 Å². The Bertz CT molecular complexity index is 2180. The van der Waals surface area contributed by atoms with Crippen LogP contribution in [0, 0.1) is 0 Å². The number of ether oxygens (including phenoxy) is 2. The maximum absolute atomic E-state index is 14.0. The lowest BCUT2D eigenvalue weighted by atomic mass is 10.0. The van der Waals surface area contributed by atoms with Gasteiger partial charge < -0.3 is 13.9 Å². The van der Waals surface area contributed by atoms with E-state index in [9.17, 15) is 9.59 Å². The van der Waals surface area contributed by atoms with Crippen LogP contribution in [-0.2, 0) is 16.1 Å². The Balaban J connectivity index is 1.35. The van der Waals surface area contributed by atoms with Crippen molar-refractivity contribution in [3.8, 4) is 17.1 Å². The molecule has 0 bridgehead atoms. The predicted molar refractivity (Wildman–Crippen MR) is 182 cm³/mol. The summed E-state index contributed by atoms with van der Waals surface area (Å²) in [7, 11) is 0. The molecule has 1 aliphatic heterocycles. The summed E-state index contributed by atoms with van der Waals surface area (Å²) >= 11 is 25.8. The molecule has 6 rings (SSSR count). The minimum absolute atomic E-state index is 0.159. The third kappa shape index (κ3) is 6.54. The summed E-state index contributed by atoms with van der Waals surface area (Å²) in [6, 6.07) is 20.3. The number of aromatic nitrogens is 1. The molecule has 0 N–H and O–H groups in total. The average Bonchev–Trinajstić information content (AvgIpc) is 3.63. The number of carbonyl (C=O) groups excluding carboxylic acids is 1. The number of esters is 1. The largest absolute Gasteiger partial charge is 0.489 e. The number of thiazole rings is 1. The summed E-state index contributed by atoms with van der Waals surface area (Å²) in [6.45, 7) is 3.87. The van der Waals surface area contributed by atoms with Crippen LogP contribution in [0.5, 0.6) is 5.75 Å². The molecule has 1 aliphatic rings. The van der Waals surface area contributed by atoms with E-state index in [1.807, 2.05) is 30.3 Å². The summed E-state index contributed by atoms with van der Waals surface area (Å²) in [4.78, 5) is 32.2. The molecule has 3 heterocycles. The predicted octanol–water partition coefficient (Wildman–Crippen LogP) is 8.25. The molecule has 0 saturated carbocycles. The van der Waals surface area contributed by atoms with Crippen molar-refractivity contribution < 1.29 is 18.7 Å². The molecule has 1 atom stereocenters. The van der Waals surface area contributed by atoms with Gasteiger partial charge in [0.1, 0.15) is 29.9 Å². The number of carbonyl (C=O) groups is 1. The third-order valence-electron chi connectivity index (χ3n) is 7.20. The van der Waals surface area contributed by atoms with Crippen molar-refractivity contribution in [3.05, 3.63) is 141 Å². The molecule has 0 radical (unpaired) electrons. The molecule has 46 heavy (non-hydrogen) atoms. The van der Waals surface area contributed by atoms with Gasteiger partial charge in [0.15, 0.2) is 4.80 Å². The average molecular weight is 714 g/mol. The SMILES string of the molecule is CCOC(=O)C1=C(C)N=c2s/c(=C\c3ccc(OCc4ccc(Cl)cc4Cl)cc3)c(=O)n2[C@H]1c1ccc(-c2ccc(Cl)c(Cl)c2)o1. The van der Waals surface area contributed by atoms with E-state index >= 15 is 0 Å². The van der Waals surface area contributed by atoms with Crippen LogP contribution in [0.3, 0.4) is 0 Å². The van der Waals surface area contributed by atoms with Gasteiger partial charge in [-0.05, 0) is 80.1 Å². The Labute approximate surface area is 287 Å². The summed E-state index contributed by atoms with van der Waals surface area (Å²) in [5, 5.41) is 1.87. The first kappa shape index (κ1) is 32.2. The fourth-order valence-electron chi connectivity index (χ4n) is 4.98. The molecule has 0 saturated heterocycles. The fourth-order valence-corrected chi connectivity index (χ4v) is 6.78. The van der Waals surface area contributed by atoms with Crippen molar-refractivity contribution in [1.82, 2.24) is 4.57 Å². The number of benzene rings is 3. The second kappa shape index (κ2) is 13.5. The van der Waals surface area contributed by atoms with Crippen LogP contribution >= 0.6 is 57.7 Å². The summed E-state index contributed by atoms with van der Waals surface area (Å²) in [5.41, 5.74) is 2.61. The number of furan rings is 1. The van der Waals surface area contributed by atoms with Gasteiger partial charge in [0.2, 0.25) is 0 Å². The van der Waals surface area contributed by atoms with Crippen LogP contribution in [0.15, 0.2) is 98.3 Å². The Hall–Kier alpha value is -3.79. The lowest BCUT2D eigenvalue weighted by Crippen LogP contribution is -2.39. The van der Waals surface area contributed by atoms with Gasteiger partial charge in [0.05, 0.1) is 32.5 Å². The van der Waals surface area contributed by atoms with Gasteiger partial charge in [-0.2, -0.15) is 0 Å². The molecular formula is C34H24Cl4N2O5S. The summed E-state index contributed by atoms with van der Waals surface area (Å²) < 4.78 is 19.4. The van der Waals surface area contributed by atoms with E-state index in [4.69, 9.17) is 60.3 Å². The number of allylic oxidation sites excluding steroid dienone is 1. The summed E-state index contributed by atoms with van der Waals surface area (Å²) in [5.74, 6) is 0.920. The zero-order valence-corrected chi connectivity index (χ0v) is 28.2. The van der Waals surface area contributed by atoms with Crippen LogP contribution in [0.1, 0.15) is 36.8 Å². The smallest absolute Gasteiger partial charge is 0.338 e. The maximum atomic E-state index is 14.0. The van der Waals surface area contributed by atoms with E-state index in [-0.39, 0.29) is 24.3 Å². The van der Waals surface area contributed by atoms with Gasteiger partial charge in [-0.25, -0.2) is 9.79 Å². The number of hydrogen-bond donors (Lipinski definition) is 0. The second-order valence-electron chi connectivity index (χ2n) is 10.2. The van der Waals surface area contributed by atoms with Crippen molar-refractivity contribution in [3.63, 3.8) is 0 Å². The minimum atomic E-state index is -0.899. The quantitative estimate of drug-likeness (QED) is 0.151. The highest BCUT2D eigenvalue weighted by molar-refractivity contribution is 7.07. The molecule has 0 spiro atoms. The van der Waals surface area contributed by atoms with Gasteiger partial charge >= 0.3 is 5.97 Å². The minimum Gasteiger partial charge on any atom is -0.489 e. The Morgan fingerprint density at radius 2 is 1.76 bits per heavy atom. The summed E-state index contributed by atoms with van der Waals surface area (Å²) in [6.07, 6.45) is 1.77. The number of rotatable bonds is 8. The van der Waals surface area contributed by atoms with Crippen LogP contribution in [0.4, 0.5) is 0 Å². The Morgan fingerprint density at radius 3 is 2.48 bits per heavy atom. The molecule has 0 unspecified atom stereocenters. The van der Waals surface area contributed by atoms with E-state index < -0.39 is 12.0 Å². The second-order valence-corrected chi connectivity index (χ2v) is 12.9. The number of halogens is 4. The number of fused-ring (bicyclic) bond motifs is 1. The monoisotopic (exact) mass is 712 g/mol. The normalized spacial score (nSPS) is 14.7. The van der Waals surface area contributed by atoms with Gasteiger partial charge in [-0.1, -0.05) is 75.9 Å². The van der Waals surface area contributed by atoms with Crippen molar-refractivity contribution in [2.45, 2.75) is 26.5 Å². The molecule has 0 amide bonds. The van der Waals surface area contributed by atoms with E-state index in [2.05, 4.69) is 4.99 Å². The Morgan fingerprint density at radius 1 is 0.978 bits per heavy atom. The highest BCUT2D eigenvalue weighted by atomic mass is 35.5. The molecule has 0 fully saturated rings. The van der Waals surface area contributed by atoms with Crippen LogP contribution in [0.2, 0.25) is 20.1 Å². The number of nitrogens with zero attached hydrogens (tertiary/aromatic N) is 2. The van der Waals surface area contributed by atoms with Crippen molar-refractivity contribution in [2.24, 2.45) is 4.99 Å². The lowest BCUT2D eigenvalue weighted by Gasteiger charge is -2.22. The van der Waals surface area contributed by atoms with Gasteiger partial charge in [0, 0.05) is 21.2 Å². The molecule has 0 aliphatic carbocycles. The third-order valence-corrected chi connectivity index (χ3v) is 9.51. The maximum Gasteiger partial charge on any atom is 0.338 e.